The normalized spacial score (nSPS) is 11.9. The van der Waals surface area contributed by atoms with Crippen LogP contribution in [0, 0.1) is 17.6 Å². The van der Waals surface area contributed by atoms with Crippen LogP contribution < -0.4 is 11.1 Å². The van der Waals surface area contributed by atoms with Crippen molar-refractivity contribution >= 4 is 18.3 Å². The highest BCUT2D eigenvalue weighted by atomic mass is 35.5. The molecule has 0 bridgehead atoms. The third kappa shape index (κ3) is 5.98. The van der Waals surface area contributed by atoms with Gasteiger partial charge in [0.15, 0.2) is 0 Å². The van der Waals surface area contributed by atoms with Crippen molar-refractivity contribution in [3.05, 3.63) is 35.4 Å². The van der Waals surface area contributed by atoms with Gasteiger partial charge in [-0.2, -0.15) is 0 Å². The van der Waals surface area contributed by atoms with Crippen molar-refractivity contribution in [2.45, 2.75) is 26.3 Å². The van der Waals surface area contributed by atoms with Crippen molar-refractivity contribution in [2.24, 2.45) is 11.7 Å². The maximum atomic E-state index is 13.0. The van der Waals surface area contributed by atoms with E-state index in [-0.39, 0.29) is 24.0 Å². The number of carbonyl (C=O) groups is 1. The topological polar surface area (TPSA) is 55.1 Å². The average molecular weight is 293 g/mol. The Kier molecular flexibility index (Phi) is 7.56. The first-order valence-corrected chi connectivity index (χ1v) is 5.89. The van der Waals surface area contributed by atoms with Crippen molar-refractivity contribution in [1.29, 1.82) is 0 Å². The van der Waals surface area contributed by atoms with Crippen molar-refractivity contribution in [2.75, 3.05) is 6.54 Å². The first kappa shape index (κ1) is 17.8. The third-order valence-electron chi connectivity index (χ3n) is 2.50. The van der Waals surface area contributed by atoms with Gasteiger partial charge in [-0.25, -0.2) is 8.78 Å². The van der Waals surface area contributed by atoms with Gasteiger partial charge in [0.2, 0.25) is 0 Å². The molecular weight excluding hydrogens is 274 g/mol. The Bertz CT molecular complexity index is 407. The van der Waals surface area contributed by atoms with Gasteiger partial charge in [-0.3, -0.25) is 4.79 Å². The van der Waals surface area contributed by atoms with Crippen molar-refractivity contribution in [3.63, 3.8) is 0 Å². The van der Waals surface area contributed by atoms with E-state index in [0.717, 1.165) is 24.6 Å². The van der Waals surface area contributed by atoms with Crippen molar-refractivity contribution < 1.29 is 13.6 Å². The Morgan fingerprint density at radius 3 is 2.21 bits per heavy atom. The number of nitrogens with one attached hydrogen (secondary N) is 1. The van der Waals surface area contributed by atoms with E-state index in [1.807, 2.05) is 13.8 Å². The second-order valence-electron chi connectivity index (χ2n) is 4.69. The molecule has 0 aliphatic heterocycles. The van der Waals surface area contributed by atoms with Crippen LogP contribution in [0.25, 0.3) is 0 Å². The second kappa shape index (κ2) is 8.07. The zero-order chi connectivity index (χ0) is 13.7. The van der Waals surface area contributed by atoms with Crippen LogP contribution in [0.1, 0.15) is 30.6 Å². The maximum absolute atomic E-state index is 13.0. The van der Waals surface area contributed by atoms with Crippen LogP contribution in [-0.4, -0.2) is 18.5 Å². The molecule has 1 amide bonds. The van der Waals surface area contributed by atoms with E-state index in [9.17, 15) is 13.6 Å². The Morgan fingerprint density at radius 2 is 1.79 bits per heavy atom. The lowest BCUT2D eigenvalue weighted by Crippen LogP contribution is -2.41. The number of carbonyl (C=O) groups excluding carboxylic acids is 1. The minimum Gasteiger partial charge on any atom is -0.348 e. The number of halogens is 3. The lowest BCUT2D eigenvalue weighted by Gasteiger charge is -2.18. The standard InChI is InChI=1S/C13H18F2N2O.ClH/c1-8(2)3-12(7-16)17-13(18)9-4-10(14)6-11(15)5-9;/h4-6,8,12H,3,7,16H2,1-2H3,(H,17,18);1H. The molecule has 0 aliphatic carbocycles. The van der Waals surface area contributed by atoms with Gasteiger partial charge in [-0.15, -0.1) is 12.4 Å². The molecule has 0 fully saturated rings. The van der Waals surface area contributed by atoms with Gasteiger partial charge in [0.05, 0.1) is 0 Å². The predicted octanol–water partition coefficient (Wildman–Crippen LogP) is 2.49. The van der Waals surface area contributed by atoms with Gasteiger partial charge in [-0.1, -0.05) is 13.8 Å². The largest absolute Gasteiger partial charge is 0.348 e. The van der Waals surface area contributed by atoms with Crippen LogP contribution in [0.4, 0.5) is 8.78 Å². The van der Waals surface area contributed by atoms with Crippen LogP contribution in [-0.2, 0) is 0 Å². The van der Waals surface area contributed by atoms with E-state index in [4.69, 9.17) is 5.73 Å². The molecule has 0 radical (unpaired) electrons. The number of hydrogen-bond donors (Lipinski definition) is 2. The first-order chi connectivity index (χ1) is 8.42. The summed E-state index contributed by atoms with van der Waals surface area (Å²) in [7, 11) is 0. The van der Waals surface area contributed by atoms with E-state index in [1.165, 1.54) is 0 Å². The second-order valence-corrected chi connectivity index (χ2v) is 4.69. The minimum absolute atomic E-state index is 0. The summed E-state index contributed by atoms with van der Waals surface area (Å²) in [6.07, 6.45) is 0.722. The van der Waals surface area contributed by atoms with E-state index in [0.29, 0.717) is 12.5 Å². The lowest BCUT2D eigenvalue weighted by molar-refractivity contribution is 0.0933. The number of benzene rings is 1. The molecule has 1 atom stereocenters. The predicted molar refractivity (Wildman–Crippen MR) is 73.4 cm³/mol. The monoisotopic (exact) mass is 292 g/mol. The fourth-order valence-corrected chi connectivity index (χ4v) is 1.74. The molecular formula is C13H19ClF2N2O. The van der Waals surface area contributed by atoms with Gasteiger partial charge < -0.3 is 11.1 Å². The SMILES string of the molecule is CC(C)CC(CN)NC(=O)c1cc(F)cc(F)c1.Cl. The summed E-state index contributed by atoms with van der Waals surface area (Å²) in [5, 5.41) is 2.67. The van der Waals surface area contributed by atoms with E-state index < -0.39 is 17.5 Å². The summed E-state index contributed by atoms with van der Waals surface area (Å²) in [6.45, 7) is 4.31. The first-order valence-electron chi connectivity index (χ1n) is 5.89. The molecule has 108 valence electrons. The van der Waals surface area contributed by atoms with Crippen LogP contribution >= 0.6 is 12.4 Å². The molecule has 0 saturated heterocycles. The summed E-state index contributed by atoms with van der Waals surface area (Å²) < 4.78 is 25.9. The Morgan fingerprint density at radius 1 is 1.26 bits per heavy atom. The summed E-state index contributed by atoms with van der Waals surface area (Å²) in [5.74, 6) is -1.67. The fourth-order valence-electron chi connectivity index (χ4n) is 1.74. The maximum Gasteiger partial charge on any atom is 0.251 e. The van der Waals surface area contributed by atoms with Gasteiger partial charge in [0.25, 0.3) is 5.91 Å². The molecule has 1 aromatic rings. The molecule has 1 aromatic carbocycles. The van der Waals surface area contributed by atoms with E-state index in [1.54, 1.807) is 0 Å². The summed E-state index contributed by atoms with van der Waals surface area (Å²) in [4.78, 5) is 11.8. The Hall–Kier alpha value is -1.20. The molecule has 1 unspecified atom stereocenters. The summed E-state index contributed by atoms with van der Waals surface area (Å²) in [5.41, 5.74) is 5.51. The number of amides is 1. The number of nitrogens with two attached hydrogens (primary N) is 1. The molecule has 0 saturated carbocycles. The summed E-state index contributed by atoms with van der Waals surface area (Å²) >= 11 is 0. The lowest BCUT2D eigenvalue weighted by atomic mass is 10.0. The minimum atomic E-state index is -0.770. The number of rotatable bonds is 5. The molecule has 19 heavy (non-hydrogen) atoms. The highest BCUT2D eigenvalue weighted by molar-refractivity contribution is 5.94. The molecule has 6 heteroatoms. The highest BCUT2D eigenvalue weighted by Gasteiger charge is 2.15. The van der Waals surface area contributed by atoms with Gasteiger partial charge in [-0.05, 0) is 24.5 Å². The van der Waals surface area contributed by atoms with Crippen LogP contribution in [0.5, 0.6) is 0 Å². The summed E-state index contributed by atoms with van der Waals surface area (Å²) in [6, 6.07) is 2.54. The average Bonchev–Trinajstić information content (AvgIpc) is 2.26. The van der Waals surface area contributed by atoms with Crippen LogP contribution in [0.3, 0.4) is 0 Å². The smallest absolute Gasteiger partial charge is 0.251 e. The van der Waals surface area contributed by atoms with Crippen molar-refractivity contribution in [3.8, 4) is 0 Å². The third-order valence-corrected chi connectivity index (χ3v) is 2.50. The van der Waals surface area contributed by atoms with E-state index in [2.05, 4.69) is 5.32 Å². The molecule has 0 aromatic heterocycles. The van der Waals surface area contributed by atoms with Gasteiger partial charge in [0, 0.05) is 24.2 Å². The molecule has 0 aliphatic rings. The fraction of sp³-hybridized carbons (Fsp3) is 0.462. The van der Waals surface area contributed by atoms with Crippen LogP contribution in [0.2, 0.25) is 0 Å². The van der Waals surface area contributed by atoms with Gasteiger partial charge in [0.1, 0.15) is 11.6 Å². The zero-order valence-electron chi connectivity index (χ0n) is 11.0. The quantitative estimate of drug-likeness (QED) is 0.876. The molecule has 3 nitrogen and oxygen atoms in total. The Labute approximate surface area is 118 Å². The highest BCUT2D eigenvalue weighted by Crippen LogP contribution is 2.09. The van der Waals surface area contributed by atoms with Crippen molar-refractivity contribution in [1.82, 2.24) is 5.32 Å². The zero-order valence-corrected chi connectivity index (χ0v) is 11.8. The molecule has 0 spiro atoms. The number of hydrogen-bond acceptors (Lipinski definition) is 2. The molecule has 3 N–H and O–H groups in total. The Balaban J connectivity index is 0.00000324. The van der Waals surface area contributed by atoms with E-state index >= 15 is 0 Å². The molecule has 1 rings (SSSR count). The van der Waals surface area contributed by atoms with Crippen LogP contribution in [0.15, 0.2) is 18.2 Å². The molecule has 0 heterocycles. The van der Waals surface area contributed by atoms with Gasteiger partial charge >= 0.3 is 0 Å².